The topological polar surface area (TPSA) is 86.9 Å². The summed E-state index contributed by atoms with van der Waals surface area (Å²) in [4.78, 5) is 22.6. The summed E-state index contributed by atoms with van der Waals surface area (Å²) in [5, 5.41) is 11.8. The molecule has 0 aliphatic heterocycles. The number of benzene rings is 1. The minimum Gasteiger partial charge on any atom is -0.326 e. The number of carbonyl (C=O) groups excluding carboxylic acids is 2. The smallest absolute Gasteiger partial charge is 0.229 e. The Balaban J connectivity index is 1.92. The van der Waals surface area contributed by atoms with E-state index in [1.807, 2.05) is 0 Å². The van der Waals surface area contributed by atoms with Crippen molar-refractivity contribution in [2.45, 2.75) is 13.3 Å². The van der Waals surface area contributed by atoms with E-state index in [-0.39, 0.29) is 18.2 Å². The van der Waals surface area contributed by atoms with Crippen LogP contribution < -0.4 is 10.6 Å². The van der Waals surface area contributed by atoms with E-state index in [0.29, 0.717) is 11.5 Å². The highest BCUT2D eigenvalue weighted by Crippen LogP contribution is 2.10. The molecule has 3 N–H and O–H groups in total. The van der Waals surface area contributed by atoms with Crippen LogP contribution in [0.3, 0.4) is 0 Å². The first-order valence-electron chi connectivity index (χ1n) is 5.79. The lowest BCUT2D eigenvalue weighted by Crippen LogP contribution is -2.14. The highest BCUT2D eigenvalue weighted by atomic mass is 16.2. The fourth-order valence-corrected chi connectivity index (χ4v) is 1.61. The van der Waals surface area contributed by atoms with Gasteiger partial charge in [-0.3, -0.25) is 14.7 Å². The van der Waals surface area contributed by atoms with Gasteiger partial charge in [-0.25, -0.2) is 0 Å². The van der Waals surface area contributed by atoms with Crippen molar-refractivity contribution in [3.05, 3.63) is 42.1 Å². The second-order valence-electron chi connectivity index (χ2n) is 4.07. The van der Waals surface area contributed by atoms with Gasteiger partial charge < -0.3 is 10.6 Å². The maximum atomic E-state index is 11.7. The van der Waals surface area contributed by atoms with Gasteiger partial charge in [-0.05, 0) is 17.7 Å². The Bertz CT molecular complexity index is 561. The van der Waals surface area contributed by atoms with Gasteiger partial charge in [0, 0.05) is 18.7 Å². The van der Waals surface area contributed by atoms with E-state index in [1.54, 1.807) is 36.5 Å². The van der Waals surface area contributed by atoms with Crippen molar-refractivity contribution in [1.82, 2.24) is 10.2 Å². The number of amides is 2. The lowest BCUT2D eigenvalue weighted by molar-refractivity contribution is -0.116. The van der Waals surface area contributed by atoms with E-state index in [4.69, 9.17) is 0 Å². The van der Waals surface area contributed by atoms with E-state index >= 15 is 0 Å². The van der Waals surface area contributed by atoms with E-state index in [0.717, 1.165) is 5.56 Å². The summed E-state index contributed by atoms with van der Waals surface area (Å²) in [6.07, 6.45) is 1.83. The number of hydrogen-bond acceptors (Lipinski definition) is 3. The molecule has 0 bridgehead atoms. The lowest BCUT2D eigenvalue weighted by Gasteiger charge is -2.05. The molecule has 0 saturated heterocycles. The Kier molecular flexibility index (Phi) is 3.92. The van der Waals surface area contributed by atoms with Crippen LogP contribution in [0, 0.1) is 0 Å². The van der Waals surface area contributed by atoms with E-state index in [2.05, 4.69) is 20.8 Å². The number of carbonyl (C=O) groups is 2. The third-order valence-electron chi connectivity index (χ3n) is 2.41. The molecule has 1 aromatic heterocycles. The molecule has 0 radical (unpaired) electrons. The van der Waals surface area contributed by atoms with Crippen molar-refractivity contribution >= 4 is 23.3 Å². The highest BCUT2D eigenvalue weighted by molar-refractivity contribution is 5.91. The van der Waals surface area contributed by atoms with Crippen molar-refractivity contribution < 1.29 is 9.59 Å². The monoisotopic (exact) mass is 258 g/mol. The zero-order valence-electron chi connectivity index (χ0n) is 10.4. The average Bonchev–Trinajstić information content (AvgIpc) is 2.83. The molecule has 6 heteroatoms. The minimum atomic E-state index is -0.128. The van der Waals surface area contributed by atoms with Crippen molar-refractivity contribution in [2.24, 2.45) is 0 Å². The Labute approximate surface area is 110 Å². The number of anilines is 2. The van der Waals surface area contributed by atoms with Crippen molar-refractivity contribution in [2.75, 3.05) is 10.6 Å². The lowest BCUT2D eigenvalue weighted by atomic mass is 10.1. The van der Waals surface area contributed by atoms with Crippen molar-refractivity contribution in [3.63, 3.8) is 0 Å². The molecule has 98 valence electrons. The molecule has 0 aliphatic rings. The van der Waals surface area contributed by atoms with Crippen LogP contribution in [-0.4, -0.2) is 22.0 Å². The highest BCUT2D eigenvalue weighted by Gasteiger charge is 2.05. The standard InChI is InChI=1S/C13H14N4O2/c1-9(18)15-11-4-2-10(3-5-11)8-13(19)16-12-6-7-14-17-12/h2-7H,8H2,1H3,(H,15,18)(H2,14,16,17,19). The van der Waals surface area contributed by atoms with Crippen molar-refractivity contribution in [3.8, 4) is 0 Å². The van der Waals surface area contributed by atoms with Crippen LogP contribution in [0.25, 0.3) is 0 Å². The summed E-state index contributed by atoms with van der Waals surface area (Å²) >= 11 is 0. The summed E-state index contributed by atoms with van der Waals surface area (Å²) in [6, 6.07) is 8.81. The Hall–Kier alpha value is -2.63. The predicted molar refractivity (Wildman–Crippen MR) is 71.7 cm³/mol. The van der Waals surface area contributed by atoms with Gasteiger partial charge in [0.25, 0.3) is 0 Å². The summed E-state index contributed by atoms with van der Waals surface area (Å²) in [6.45, 7) is 1.45. The average molecular weight is 258 g/mol. The van der Waals surface area contributed by atoms with E-state index < -0.39 is 0 Å². The number of aromatic nitrogens is 2. The maximum absolute atomic E-state index is 11.7. The molecule has 0 fully saturated rings. The molecule has 19 heavy (non-hydrogen) atoms. The molecule has 1 aromatic carbocycles. The molecule has 0 atom stereocenters. The zero-order valence-corrected chi connectivity index (χ0v) is 10.4. The predicted octanol–water partition coefficient (Wildman–Crippen LogP) is 1.55. The van der Waals surface area contributed by atoms with E-state index in [9.17, 15) is 9.59 Å². The molecule has 0 spiro atoms. The van der Waals surface area contributed by atoms with Gasteiger partial charge in [0.15, 0.2) is 0 Å². The first-order chi connectivity index (χ1) is 9.13. The molecule has 6 nitrogen and oxygen atoms in total. The number of aromatic amines is 1. The molecule has 0 aliphatic carbocycles. The first-order valence-corrected chi connectivity index (χ1v) is 5.79. The van der Waals surface area contributed by atoms with Gasteiger partial charge in [-0.1, -0.05) is 12.1 Å². The normalized spacial score (nSPS) is 9.95. The molecule has 2 aromatic rings. The van der Waals surface area contributed by atoms with Gasteiger partial charge in [-0.2, -0.15) is 5.10 Å². The molecule has 2 amide bonds. The molecular weight excluding hydrogens is 244 g/mol. The van der Waals surface area contributed by atoms with Gasteiger partial charge in [-0.15, -0.1) is 0 Å². The molecule has 1 heterocycles. The first kappa shape index (κ1) is 12.8. The molecule has 2 rings (SSSR count). The third-order valence-corrected chi connectivity index (χ3v) is 2.41. The van der Waals surface area contributed by atoms with Gasteiger partial charge in [0.05, 0.1) is 12.6 Å². The minimum absolute atomic E-state index is 0.121. The van der Waals surface area contributed by atoms with Crippen LogP contribution in [0.5, 0.6) is 0 Å². The molecule has 0 unspecified atom stereocenters. The number of H-pyrrole nitrogens is 1. The van der Waals surface area contributed by atoms with Gasteiger partial charge in [0.2, 0.25) is 11.8 Å². The van der Waals surface area contributed by atoms with Crippen LogP contribution in [0.4, 0.5) is 11.5 Å². The summed E-state index contributed by atoms with van der Waals surface area (Å²) in [7, 11) is 0. The number of nitrogens with one attached hydrogen (secondary N) is 3. The number of hydrogen-bond donors (Lipinski definition) is 3. The second-order valence-corrected chi connectivity index (χ2v) is 4.07. The third kappa shape index (κ3) is 3.95. The maximum Gasteiger partial charge on any atom is 0.229 e. The van der Waals surface area contributed by atoms with Crippen LogP contribution >= 0.6 is 0 Å². The van der Waals surface area contributed by atoms with Gasteiger partial charge in [0.1, 0.15) is 5.82 Å². The van der Waals surface area contributed by atoms with Crippen LogP contribution in [0.15, 0.2) is 36.5 Å². The number of rotatable bonds is 4. The second kappa shape index (κ2) is 5.81. The largest absolute Gasteiger partial charge is 0.326 e. The fraction of sp³-hybridized carbons (Fsp3) is 0.154. The summed E-state index contributed by atoms with van der Waals surface area (Å²) < 4.78 is 0. The molecule has 0 saturated carbocycles. The summed E-state index contributed by atoms with van der Waals surface area (Å²) in [5.74, 6) is 0.320. The van der Waals surface area contributed by atoms with Crippen molar-refractivity contribution in [1.29, 1.82) is 0 Å². The SMILES string of the molecule is CC(=O)Nc1ccc(CC(=O)Nc2ccn[nH]2)cc1. The van der Waals surface area contributed by atoms with Gasteiger partial charge >= 0.3 is 0 Å². The summed E-state index contributed by atoms with van der Waals surface area (Å²) in [5.41, 5.74) is 1.58. The Morgan fingerprint density at radius 3 is 2.47 bits per heavy atom. The quantitative estimate of drug-likeness (QED) is 0.777. The number of nitrogens with zero attached hydrogens (tertiary/aromatic N) is 1. The Morgan fingerprint density at radius 2 is 1.89 bits per heavy atom. The van der Waals surface area contributed by atoms with Crippen LogP contribution in [0.2, 0.25) is 0 Å². The Morgan fingerprint density at radius 1 is 1.16 bits per heavy atom. The van der Waals surface area contributed by atoms with Crippen LogP contribution in [0.1, 0.15) is 12.5 Å². The zero-order chi connectivity index (χ0) is 13.7. The fourth-order valence-electron chi connectivity index (χ4n) is 1.61. The molecular formula is C13H14N4O2. The van der Waals surface area contributed by atoms with Crippen LogP contribution in [-0.2, 0) is 16.0 Å². The van der Waals surface area contributed by atoms with E-state index in [1.165, 1.54) is 6.92 Å².